The van der Waals surface area contributed by atoms with Crippen LogP contribution in [0.25, 0.3) is 0 Å². The van der Waals surface area contributed by atoms with Gasteiger partial charge in [0.2, 0.25) is 0 Å². The minimum Gasteiger partial charge on any atom is -0.506 e. The maximum absolute atomic E-state index is 10.1. The summed E-state index contributed by atoms with van der Waals surface area (Å²) in [4.78, 5) is 0. The van der Waals surface area contributed by atoms with Crippen molar-refractivity contribution in [3.8, 4) is 11.5 Å². The third-order valence-electron chi connectivity index (χ3n) is 4.55. The summed E-state index contributed by atoms with van der Waals surface area (Å²) in [6.07, 6.45) is 2.19. The van der Waals surface area contributed by atoms with Crippen LogP contribution >= 0.6 is 0 Å². The number of aromatic hydroxyl groups is 2. The number of hydrogen-bond acceptors (Lipinski definition) is 4. The fourth-order valence-electron chi connectivity index (χ4n) is 3.25. The first-order chi connectivity index (χ1) is 10.8. The van der Waals surface area contributed by atoms with Crippen molar-refractivity contribution in [2.45, 2.75) is 47.0 Å². The van der Waals surface area contributed by atoms with Gasteiger partial charge in [-0.15, -0.1) is 0 Å². The molecular formula is C19H26N2O2. The van der Waals surface area contributed by atoms with Crippen LogP contribution in [-0.2, 0) is 19.3 Å². The summed E-state index contributed by atoms with van der Waals surface area (Å²) in [5.74, 6) is 0.338. The first-order valence-electron chi connectivity index (χ1n) is 8.01. The van der Waals surface area contributed by atoms with Gasteiger partial charge in [0.1, 0.15) is 11.5 Å². The lowest BCUT2D eigenvalue weighted by Crippen LogP contribution is -2.06. The van der Waals surface area contributed by atoms with Gasteiger partial charge in [0.15, 0.2) is 0 Å². The molecule has 0 aliphatic rings. The predicted octanol–water partition coefficient (Wildman–Crippen LogP) is 3.59. The molecule has 0 radical (unpaired) electrons. The molecule has 124 valence electrons. The van der Waals surface area contributed by atoms with Crippen LogP contribution in [0.15, 0.2) is 12.1 Å². The van der Waals surface area contributed by atoms with Crippen molar-refractivity contribution >= 4 is 11.4 Å². The molecule has 0 saturated carbocycles. The van der Waals surface area contributed by atoms with Crippen molar-refractivity contribution in [2.75, 3.05) is 11.5 Å². The molecule has 2 aromatic rings. The lowest BCUT2D eigenvalue weighted by molar-refractivity contribution is 0.473. The summed E-state index contributed by atoms with van der Waals surface area (Å²) < 4.78 is 0. The zero-order chi connectivity index (χ0) is 17.3. The van der Waals surface area contributed by atoms with Crippen LogP contribution in [0.3, 0.4) is 0 Å². The quantitative estimate of drug-likeness (QED) is 0.512. The van der Waals surface area contributed by atoms with Crippen LogP contribution in [0.4, 0.5) is 11.4 Å². The van der Waals surface area contributed by atoms with Crippen molar-refractivity contribution in [1.82, 2.24) is 0 Å². The van der Waals surface area contributed by atoms with Crippen LogP contribution < -0.4 is 11.5 Å². The van der Waals surface area contributed by atoms with Crippen LogP contribution in [-0.4, -0.2) is 10.2 Å². The molecule has 0 heterocycles. The molecule has 0 aliphatic carbocycles. The Labute approximate surface area is 137 Å². The molecule has 2 aromatic carbocycles. The van der Waals surface area contributed by atoms with Crippen molar-refractivity contribution in [3.63, 3.8) is 0 Å². The molecule has 0 spiro atoms. The highest BCUT2D eigenvalue weighted by molar-refractivity contribution is 5.67. The Balaban J connectivity index is 2.60. The summed E-state index contributed by atoms with van der Waals surface area (Å²) in [5, 5.41) is 20.1. The molecule has 0 atom stereocenters. The Morgan fingerprint density at radius 3 is 1.43 bits per heavy atom. The van der Waals surface area contributed by atoms with Crippen molar-refractivity contribution < 1.29 is 10.2 Å². The Morgan fingerprint density at radius 2 is 1.13 bits per heavy atom. The first kappa shape index (κ1) is 17.0. The van der Waals surface area contributed by atoms with E-state index < -0.39 is 0 Å². The fraction of sp³-hybridized carbons (Fsp3) is 0.368. The number of phenolic OH excluding ortho intramolecular Hbond substituents is 2. The Bertz CT molecular complexity index is 689. The van der Waals surface area contributed by atoms with Gasteiger partial charge in [-0.3, -0.25) is 0 Å². The third-order valence-corrected chi connectivity index (χ3v) is 4.55. The highest BCUT2D eigenvalue weighted by atomic mass is 16.3. The number of aryl methyl sites for hydroxylation is 2. The molecule has 0 aliphatic heterocycles. The van der Waals surface area contributed by atoms with E-state index in [4.69, 9.17) is 11.5 Å². The number of nitrogens with two attached hydrogens (primary N) is 2. The second-order valence-electron chi connectivity index (χ2n) is 6.07. The van der Waals surface area contributed by atoms with Gasteiger partial charge in [0, 0.05) is 0 Å². The van der Waals surface area contributed by atoms with Gasteiger partial charge in [-0.2, -0.15) is 0 Å². The van der Waals surface area contributed by atoms with Crippen LogP contribution in [0.2, 0.25) is 0 Å². The lowest BCUT2D eigenvalue weighted by Gasteiger charge is -2.18. The molecule has 0 saturated heterocycles. The lowest BCUT2D eigenvalue weighted by atomic mass is 9.90. The zero-order valence-electron chi connectivity index (χ0n) is 14.3. The third kappa shape index (κ3) is 2.93. The van der Waals surface area contributed by atoms with Crippen LogP contribution in [0.5, 0.6) is 11.5 Å². The average molecular weight is 314 g/mol. The normalized spacial score (nSPS) is 11.0. The first-order valence-corrected chi connectivity index (χ1v) is 8.01. The van der Waals surface area contributed by atoms with Crippen molar-refractivity contribution in [3.05, 3.63) is 45.5 Å². The highest BCUT2D eigenvalue weighted by Crippen LogP contribution is 2.36. The van der Waals surface area contributed by atoms with E-state index in [0.29, 0.717) is 17.8 Å². The largest absolute Gasteiger partial charge is 0.506 e. The monoisotopic (exact) mass is 314 g/mol. The fourth-order valence-corrected chi connectivity index (χ4v) is 3.25. The van der Waals surface area contributed by atoms with Gasteiger partial charge in [0.25, 0.3) is 0 Å². The maximum Gasteiger partial charge on any atom is 0.141 e. The van der Waals surface area contributed by atoms with Gasteiger partial charge < -0.3 is 21.7 Å². The molecule has 0 aromatic heterocycles. The van der Waals surface area contributed by atoms with Gasteiger partial charge in [-0.05, 0) is 66.5 Å². The van der Waals surface area contributed by atoms with E-state index in [-0.39, 0.29) is 11.5 Å². The number of anilines is 2. The highest BCUT2D eigenvalue weighted by Gasteiger charge is 2.16. The van der Waals surface area contributed by atoms with Crippen molar-refractivity contribution in [2.24, 2.45) is 0 Å². The summed E-state index contributed by atoms with van der Waals surface area (Å²) in [6, 6.07) is 3.98. The second-order valence-corrected chi connectivity index (χ2v) is 6.07. The number of rotatable bonds is 4. The standard InChI is InChI=1S/C19H26N2O2/c1-5-14-12(7-10(3)18(22)16(14)20)9-13-8-11(4)19(23)17(21)15(13)6-2/h7-8,22-23H,5-6,9,20-21H2,1-4H3. The topological polar surface area (TPSA) is 92.5 Å². The Morgan fingerprint density at radius 1 is 0.783 bits per heavy atom. The molecule has 4 nitrogen and oxygen atoms in total. The minimum atomic E-state index is 0.169. The average Bonchev–Trinajstić information content (AvgIpc) is 2.51. The molecule has 6 N–H and O–H groups in total. The van der Waals surface area contributed by atoms with E-state index in [0.717, 1.165) is 46.2 Å². The van der Waals surface area contributed by atoms with E-state index in [9.17, 15) is 10.2 Å². The predicted molar refractivity (Wildman–Crippen MR) is 96.1 cm³/mol. The van der Waals surface area contributed by atoms with Gasteiger partial charge in [0.05, 0.1) is 11.4 Å². The van der Waals surface area contributed by atoms with Gasteiger partial charge in [-0.1, -0.05) is 26.0 Å². The molecule has 23 heavy (non-hydrogen) atoms. The summed E-state index contributed by atoms with van der Waals surface area (Å²) in [6.45, 7) is 7.76. The molecule has 0 unspecified atom stereocenters. The molecule has 0 amide bonds. The van der Waals surface area contributed by atoms with E-state index in [2.05, 4.69) is 0 Å². The van der Waals surface area contributed by atoms with Gasteiger partial charge in [-0.25, -0.2) is 0 Å². The summed E-state index contributed by atoms with van der Waals surface area (Å²) >= 11 is 0. The molecule has 0 fully saturated rings. The molecule has 4 heteroatoms. The van der Waals surface area contributed by atoms with Crippen LogP contribution in [0.1, 0.15) is 47.2 Å². The number of nitrogen functional groups attached to an aromatic ring is 2. The van der Waals surface area contributed by atoms with Crippen LogP contribution in [0, 0.1) is 13.8 Å². The Hall–Kier alpha value is -2.36. The van der Waals surface area contributed by atoms with E-state index >= 15 is 0 Å². The zero-order valence-corrected chi connectivity index (χ0v) is 14.3. The second kappa shape index (κ2) is 6.41. The molecule has 2 rings (SSSR count). The minimum absolute atomic E-state index is 0.169. The smallest absolute Gasteiger partial charge is 0.141 e. The van der Waals surface area contributed by atoms with E-state index in [1.807, 2.05) is 39.8 Å². The van der Waals surface area contributed by atoms with Crippen molar-refractivity contribution in [1.29, 1.82) is 0 Å². The number of hydrogen-bond donors (Lipinski definition) is 4. The summed E-state index contributed by atoms with van der Waals surface area (Å²) in [5.41, 5.74) is 18.8. The maximum atomic E-state index is 10.1. The SMILES string of the molecule is CCc1c(Cc2cc(C)c(O)c(N)c2CC)cc(C)c(O)c1N. The van der Waals surface area contributed by atoms with E-state index in [1.54, 1.807) is 0 Å². The van der Waals surface area contributed by atoms with Gasteiger partial charge >= 0.3 is 0 Å². The van der Waals surface area contributed by atoms with E-state index in [1.165, 1.54) is 0 Å². The Kier molecular flexibility index (Phi) is 4.73. The summed E-state index contributed by atoms with van der Waals surface area (Å²) in [7, 11) is 0. The number of benzene rings is 2. The molecular weight excluding hydrogens is 288 g/mol. The number of phenols is 2. The molecule has 0 bridgehead atoms.